The molecular formula is C44H43BClN6O8. The fourth-order valence-corrected chi connectivity index (χ4v) is 6.93. The molecule has 4 aromatic carbocycles. The number of pyridine rings is 2. The maximum Gasteiger partial charge on any atom is 0.569 e. The molecule has 60 heavy (non-hydrogen) atoms. The molecule has 1 radical (unpaired) electrons. The molecule has 8 rings (SSSR count). The number of hydrogen-bond acceptors (Lipinski definition) is 12. The molecule has 2 aromatic heterocycles. The Morgan fingerprint density at radius 2 is 1.15 bits per heavy atom. The highest BCUT2D eigenvalue weighted by molar-refractivity contribution is 6.29. The minimum Gasteiger partial charge on any atom is -0.537 e. The molecule has 0 aliphatic carbocycles. The van der Waals surface area contributed by atoms with Gasteiger partial charge in [0.1, 0.15) is 22.4 Å². The van der Waals surface area contributed by atoms with Gasteiger partial charge in [0.05, 0.1) is 27.9 Å². The third-order valence-corrected chi connectivity index (χ3v) is 10.4. The van der Waals surface area contributed by atoms with Gasteiger partial charge in [0.15, 0.2) is 12.6 Å². The third-order valence-electron chi connectivity index (χ3n) is 10.2. The first-order chi connectivity index (χ1) is 29.0. The number of amides is 2. The Morgan fingerprint density at radius 1 is 0.650 bits per heavy atom. The van der Waals surface area contributed by atoms with E-state index in [-0.39, 0.29) is 34.4 Å². The summed E-state index contributed by atoms with van der Waals surface area (Å²) in [7, 11) is 4.72. The second-order valence-corrected chi connectivity index (χ2v) is 14.6. The molecule has 14 nitrogen and oxygen atoms in total. The monoisotopic (exact) mass is 829 g/mol. The van der Waals surface area contributed by atoms with Crippen LogP contribution in [0.5, 0.6) is 17.2 Å². The van der Waals surface area contributed by atoms with Crippen LogP contribution in [-0.4, -0.2) is 143 Å². The summed E-state index contributed by atoms with van der Waals surface area (Å²) < 4.78 is 4.85. The summed E-state index contributed by atoms with van der Waals surface area (Å²) in [5, 5.41) is 29.4. The van der Waals surface area contributed by atoms with Gasteiger partial charge in [-0.05, 0) is 93.0 Å². The SMILES string of the molecule is CN1CCN(C(=O)c2cccc(-c3ccc4c(C=O)c(O)ccc4n3)c2)CC1.CN1CCN(C(=O)c2cccc(O[B]O)c2)CC1.O=Cc1c(O)ccc2nc(Cl)ccc12. The fourth-order valence-electron chi connectivity index (χ4n) is 6.77. The summed E-state index contributed by atoms with van der Waals surface area (Å²) in [5.41, 5.74) is 4.46. The van der Waals surface area contributed by atoms with E-state index < -0.39 is 0 Å². The predicted octanol–water partition coefficient (Wildman–Crippen LogP) is 5.19. The number of carbonyl (C=O) groups is 4. The molecule has 307 valence electrons. The Kier molecular flexibility index (Phi) is 14.4. The van der Waals surface area contributed by atoms with E-state index in [1.165, 1.54) is 12.1 Å². The summed E-state index contributed by atoms with van der Waals surface area (Å²) in [6.07, 6.45) is 1.24. The van der Waals surface area contributed by atoms with Crippen LogP contribution in [0.2, 0.25) is 5.15 Å². The molecule has 6 aromatic rings. The van der Waals surface area contributed by atoms with Gasteiger partial charge in [-0.25, -0.2) is 9.97 Å². The second kappa shape index (κ2) is 20.0. The van der Waals surface area contributed by atoms with Crippen molar-refractivity contribution in [2.24, 2.45) is 0 Å². The van der Waals surface area contributed by atoms with Gasteiger partial charge in [-0.2, -0.15) is 0 Å². The van der Waals surface area contributed by atoms with Crippen molar-refractivity contribution in [3.8, 4) is 28.5 Å². The standard InChI is InChI=1S/C22H21N3O3.C12H16BN2O3.C10H6ClNO2/c1-24-9-11-25(12-10-24)22(28)16-4-2-3-15(13-16)19-6-5-17-18(14-26)21(27)8-7-20(17)23-19;1-14-5-7-15(8-6-14)12(16)10-3-2-4-11(9-10)18-13-17;11-10-4-1-6-7(5-13)9(14)3-2-8(6)12-10/h2-8,13-14,27H,9-12H2,1H3;2-4,9,17H,5-8H2,1H3;1-5,14H. The fraction of sp³-hybridized carbons (Fsp3) is 0.227. The van der Waals surface area contributed by atoms with E-state index in [0.29, 0.717) is 69.8 Å². The van der Waals surface area contributed by atoms with Gasteiger partial charge >= 0.3 is 7.69 Å². The molecule has 2 aliphatic heterocycles. The summed E-state index contributed by atoms with van der Waals surface area (Å²) in [5.74, 6) is 0.390. The lowest BCUT2D eigenvalue weighted by atomic mass is 10.0. The molecule has 2 fully saturated rings. The van der Waals surface area contributed by atoms with E-state index in [4.69, 9.17) is 21.3 Å². The number of aromatic hydroxyl groups is 2. The van der Waals surface area contributed by atoms with Gasteiger partial charge in [-0.3, -0.25) is 19.2 Å². The van der Waals surface area contributed by atoms with Crippen molar-refractivity contribution < 1.29 is 39.1 Å². The van der Waals surface area contributed by atoms with Crippen molar-refractivity contribution in [3.05, 3.63) is 124 Å². The number of hydrogen-bond donors (Lipinski definition) is 3. The molecule has 16 heteroatoms. The number of phenols is 2. The first-order valence-corrected chi connectivity index (χ1v) is 19.5. The minimum absolute atomic E-state index is 0.00601. The lowest BCUT2D eigenvalue weighted by Crippen LogP contribution is -2.47. The summed E-state index contributed by atoms with van der Waals surface area (Å²) >= 11 is 5.69. The van der Waals surface area contributed by atoms with E-state index in [2.05, 4.69) is 26.8 Å². The van der Waals surface area contributed by atoms with E-state index in [9.17, 15) is 29.4 Å². The van der Waals surface area contributed by atoms with Crippen LogP contribution in [-0.2, 0) is 0 Å². The molecule has 0 unspecified atom stereocenters. The Hall–Kier alpha value is -6.39. The molecule has 2 amide bonds. The lowest BCUT2D eigenvalue weighted by molar-refractivity contribution is 0.0657. The van der Waals surface area contributed by atoms with E-state index in [1.807, 2.05) is 41.1 Å². The molecule has 2 saturated heterocycles. The second-order valence-electron chi connectivity index (χ2n) is 14.2. The topological polar surface area (TPSA) is 177 Å². The zero-order chi connectivity index (χ0) is 42.8. The summed E-state index contributed by atoms with van der Waals surface area (Å²) in [4.78, 5) is 63.8. The van der Waals surface area contributed by atoms with Gasteiger partial charge in [-0.1, -0.05) is 29.8 Å². The van der Waals surface area contributed by atoms with Gasteiger partial charge in [0.25, 0.3) is 11.8 Å². The molecule has 0 saturated carbocycles. The number of nitrogens with zero attached hydrogens (tertiary/aromatic N) is 6. The zero-order valence-corrected chi connectivity index (χ0v) is 33.8. The predicted molar refractivity (Wildman–Crippen MR) is 230 cm³/mol. The quantitative estimate of drug-likeness (QED) is 0.109. The number of phenolic OH excluding ortho intramolecular Hbond substituents is 2. The van der Waals surface area contributed by atoms with Crippen molar-refractivity contribution in [2.75, 3.05) is 66.5 Å². The van der Waals surface area contributed by atoms with Gasteiger partial charge < -0.3 is 39.5 Å². The Morgan fingerprint density at radius 3 is 1.68 bits per heavy atom. The van der Waals surface area contributed by atoms with Crippen molar-refractivity contribution >= 4 is 65.5 Å². The molecule has 4 heterocycles. The smallest absolute Gasteiger partial charge is 0.537 e. The number of likely N-dealkylation sites (N-methyl/N-ethyl adjacent to an activating group) is 2. The highest BCUT2D eigenvalue weighted by Gasteiger charge is 2.22. The normalized spacial score (nSPS) is 14.3. The van der Waals surface area contributed by atoms with Crippen LogP contribution in [0.3, 0.4) is 0 Å². The molecule has 3 N–H and O–H groups in total. The number of aldehydes is 2. The maximum absolute atomic E-state index is 12.8. The number of aromatic nitrogens is 2. The maximum atomic E-state index is 12.8. The number of piperazine rings is 2. The van der Waals surface area contributed by atoms with E-state index in [0.717, 1.165) is 57.9 Å². The summed E-state index contributed by atoms with van der Waals surface area (Å²) in [6.45, 7) is 6.49. The van der Waals surface area contributed by atoms with Crippen LogP contribution in [0.1, 0.15) is 41.4 Å². The Bertz CT molecular complexity index is 2510. The number of halogens is 1. The molecular weight excluding hydrogens is 787 g/mol. The van der Waals surface area contributed by atoms with Crippen molar-refractivity contribution in [1.29, 1.82) is 0 Å². The first kappa shape index (κ1) is 43.2. The van der Waals surface area contributed by atoms with Gasteiger partial charge in [0, 0.05) is 79.8 Å². The summed E-state index contributed by atoms with van der Waals surface area (Å²) in [6, 6.07) is 27.3. The van der Waals surface area contributed by atoms with Crippen molar-refractivity contribution in [1.82, 2.24) is 29.6 Å². The average molecular weight is 830 g/mol. The van der Waals surface area contributed by atoms with Crippen LogP contribution in [0.15, 0.2) is 97.1 Å². The molecule has 0 spiro atoms. The third kappa shape index (κ3) is 10.4. The average Bonchev–Trinajstić information content (AvgIpc) is 3.27. The van der Waals surface area contributed by atoms with E-state index in [1.54, 1.807) is 60.7 Å². The molecule has 0 atom stereocenters. The van der Waals surface area contributed by atoms with Crippen molar-refractivity contribution in [3.63, 3.8) is 0 Å². The van der Waals surface area contributed by atoms with Crippen LogP contribution in [0, 0.1) is 0 Å². The highest BCUT2D eigenvalue weighted by atomic mass is 35.5. The van der Waals surface area contributed by atoms with Gasteiger partial charge in [0.2, 0.25) is 0 Å². The van der Waals surface area contributed by atoms with E-state index >= 15 is 0 Å². The Balaban J connectivity index is 0.000000162. The molecule has 0 bridgehead atoms. The number of benzene rings is 4. The minimum atomic E-state index is -0.0585. The van der Waals surface area contributed by atoms with Crippen molar-refractivity contribution in [2.45, 2.75) is 0 Å². The van der Waals surface area contributed by atoms with Gasteiger partial charge in [-0.15, -0.1) is 0 Å². The van der Waals surface area contributed by atoms with Crippen LogP contribution >= 0.6 is 11.6 Å². The number of carbonyl (C=O) groups excluding carboxylic acids is 4. The largest absolute Gasteiger partial charge is 0.569 e. The van der Waals surface area contributed by atoms with Crippen LogP contribution in [0.25, 0.3) is 33.1 Å². The number of fused-ring (bicyclic) bond motifs is 2. The highest BCUT2D eigenvalue weighted by Crippen LogP contribution is 2.29. The first-order valence-electron chi connectivity index (χ1n) is 19.1. The van der Waals surface area contributed by atoms with Crippen LogP contribution < -0.4 is 4.65 Å². The Labute approximate surface area is 352 Å². The zero-order valence-electron chi connectivity index (χ0n) is 33.1. The lowest BCUT2D eigenvalue weighted by Gasteiger charge is -2.32. The van der Waals surface area contributed by atoms with Crippen LogP contribution in [0.4, 0.5) is 0 Å². The number of rotatable bonds is 7. The molecule has 2 aliphatic rings.